The van der Waals surface area contributed by atoms with Crippen molar-refractivity contribution in [2.24, 2.45) is 5.73 Å². The lowest BCUT2D eigenvalue weighted by Crippen LogP contribution is -2.18. The molecule has 0 fully saturated rings. The van der Waals surface area contributed by atoms with Gasteiger partial charge in [-0.1, -0.05) is 6.08 Å². The van der Waals surface area contributed by atoms with E-state index in [0.29, 0.717) is 0 Å². The minimum atomic E-state index is 0.125. The summed E-state index contributed by atoms with van der Waals surface area (Å²) in [5.41, 5.74) is 7.01. The summed E-state index contributed by atoms with van der Waals surface area (Å²) in [6.45, 7) is 2.00. The third-order valence-corrected chi connectivity index (χ3v) is 3.92. The minimum Gasteiger partial charge on any atom is -0.493 e. The zero-order valence-corrected chi connectivity index (χ0v) is 13.7. The van der Waals surface area contributed by atoms with E-state index in [4.69, 9.17) is 15.2 Å². The van der Waals surface area contributed by atoms with Gasteiger partial charge in [0, 0.05) is 6.04 Å². The molecule has 0 aromatic heterocycles. The first kappa shape index (κ1) is 15.4. The normalized spacial score (nSPS) is 19.7. The third kappa shape index (κ3) is 4.00. The fourth-order valence-corrected chi connectivity index (χ4v) is 2.99. The molecule has 0 heterocycles. The lowest BCUT2D eigenvalue weighted by Gasteiger charge is -2.21. The molecule has 2 atom stereocenters. The molecule has 1 aliphatic carbocycles. The van der Waals surface area contributed by atoms with Gasteiger partial charge in [0.15, 0.2) is 11.5 Å². The number of ether oxygens (including phenoxy) is 2. The lowest BCUT2D eigenvalue weighted by molar-refractivity contribution is 0.218. The highest BCUT2D eigenvalue weighted by atomic mass is 79.9. The van der Waals surface area contributed by atoms with Gasteiger partial charge in [-0.15, -0.1) is 0 Å². The Balaban J connectivity index is 2.22. The second kappa shape index (κ2) is 7.14. The molecular formula is C16H22BrNO2. The van der Waals surface area contributed by atoms with Gasteiger partial charge in [-0.2, -0.15) is 0 Å². The summed E-state index contributed by atoms with van der Waals surface area (Å²) in [5, 5.41) is 0. The van der Waals surface area contributed by atoms with Crippen LogP contribution >= 0.6 is 15.9 Å². The average molecular weight is 340 g/mol. The highest BCUT2D eigenvalue weighted by molar-refractivity contribution is 9.10. The molecule has 4 heteroatoms. The molecule has 0 amide bonds. The second-order valence-electron chi connectivity index (χ2n) is 5.31. The zero-order valence-electron chi connectivity index (χ0n) is 12.1. The largest absolute Gasteiger partial charge is 0.493 e. The molecule has 20 heavy (non-hydrogen) atoms. The summed E-state index contributed by atoms with van der Waals surface area (Å²) in [4.78, 5) is 0. The van der Waals surface area contributed by atoms with Crippen LogP contribution in [0.15, 0.2) is 28.8 Å². The molecular weight excluding hydrogens is 318 g/mol. The summed E-state index contributed by atoms with van der Waals surface area (Å²) in [7, 11) is 1.67. The van der Waals surface area contributed by atoms with Gasteiger partial charge in [0.2, 0.25) is 0 Å². The van der Waals surface area contributed by atoms with Crippen molar-refractivity contribution in [3.8, 4) is 11.5 Å². The molecule has 3 nitrogen and oxygen atoms in total. The van der Waals surface area contributed by atoms with E-state index in [9.17, 15) is 0 Å². The van der Waals surface area contributed by atoms with Crippen LogP contribution in [0.4, 0.5) is 0 Å². The van der Waals surface area contributed by atoms with Crippen molar-refractivity contribution in [1.29, 1.82) is 0 Å². The fourth-order valence-electron chi connectivity index (χ4n) is 2.41. The Morgan fingerprint density at radius 2 is 2.25 bits per heavy atom. The predicted octanol–water partition coefficient (Wildman–Crippen LogP) is 3.83. The van der Waals surface area contributed by atoms with Gasteiger partial charge in [0.25, 0.3) is 0 Å². The molecule has 110 valence electrons. The lowest BCUT2D eigenvalue weighted by atomic mass is 10.0. The topological polar surface area (TPSA) is 44.5 Å². The molecule has 1 aromatic carbocycles. The average Bonchev–Trinajstić information content (AvgIpc) is 2.42. The number of halogens is 1. The van der Waals surface area contributed by atoms with E-state index in [-0.39, 0.29) is 12.1 Å². The van der Waals surface area contributed by atoms with E-state index in [1.165, 1.54) is 6.42 Å². The molecule has 0 bridgehead atoms. The summed E-state index contributed by atoms with van der Waals surface area (Å²) in [6.07, 6.45) is 8.62. The first-order valence-electron chi connectivity index (χ1n) is 7.05. The Bertz CT molecular complexity index is 486. The van der Waals surface area contributed by atoms with Crippen molar-refractivity contribution >= 4 is 15.9 Å². The first-order valence-corrected chi connectivity index (χ1v) is 7.84. The number of nitrogens with two attached hydrogens (primary N) is 1. The number of allylic oxidation sites excluding steroid dienone is 1. The summed E-state index contributed by atoms with van der Waals surface area (Å²) < 4.78 is 12.5. The van der Waals surface area contributed by atoms with Crippen molar-refractivity contribution in [1.82, 2.24) is 0 Å². The first-order chi connectivity index (χ1) is 9.60. The highest BCUT2D eigenvalue weighted by Crippen LogP contribution is 2.38. The van der Waals surface area contributed by atoms with Gasteiger partial charge >= 0.3 is 0 Å². The maximum Gasteiger partial charge on any atom is 0.176 e. The molecule has 0 saturated carbocycles. The smallest absolute Gasteiger partial charge is 0.176 e. The maximum absolute atomic E-state index is 6.08. The molecule has 1 aromatic rings. The van der Waals surface area contributed by atoms with Crippen LogP contribution in [0.3, 0.4) is 0 Å². The number of benzene rings is 1. The van der Waals surface area contributed by atoms with E-state index in [1.54, 1.807) is 7.11 Å². The summed E-state index contributed by atoms with van der Waals surface area (Å²) in [5.74, 6) is 1.53. The Morgan fingerprint density at radius 1 is 1.45 bits per heavy atom. The van der Waals surface area contributed by atoms with Crippen molar-refractivity contribution in [3.05, 3.63) is 34.3 Å². The van der Waals surface area contributed by atoms with Gasteiger partial charge in [-0.05, 0) is 72.3 Å². The third-order valence-electron chi connectivity index (χ3n) is 3.33. The predicted molar refractivity (Wildman–Crippen MR) is 85.5 cm³/mol. The second-order valence-corrected chi connectivity index (χ2v) is 6.16. The van der Waals surface area contributed by atoms with Gasteiger partial charge in [-0.25, -0.2) is 0 Å². The van der Waals surface area contributed by atoms with Crippen LogP contribution in [0.5, 0.6) is 11.5 Å². The maximum atomic E-state index is 6.08. The van der Waals surface area contributed by atoms with E-state index >= 15 is 0 Å². The van der Waals surface area contributed by atoms with Crippen LogP contribution in [-0.4, -0.2) is 19.3 Å². The molecule has 0 aliphatic heterocycles. The van der Waals surface area contributed by atoms with Crippen LogP contribution < -0.4 is 15.2 Å². The number of hydrogen-bond donors (Lipinski definition) is 1. The van der Waals surface area contributed by atoms with Crippen molar-refractivity contribution < 1.29 is 9.47 Å². The highest BCUT2D eigenvalue weighted by Gasteiger charge is 2.17. The van der Waals surface area contributed by atoms with Gasteiger partial charge in [0.1, 0.15) is 6.10 Å². The Morgan fingerprint density at radius 3 is 2.85 bits per heavy atom. The van der Waals surface area contributed by atoms with Crippen LogP contribution in [0.2, 0.25) is 0 Å². The Kier molecular flexibility index (Phi) is 5.49. The Labute approximate surface area is 129 Å². The molecule has 2 rings (SSSR count). The van der Waals surface area contributed by atoms with E-state index in [0.717, 1.165) is 40.8 Å². The molecule has 1 aliphatic rings. The van der Waals surface area contributed by atoms with Crippen LogP contribution in [0.25, 0.3) is 0 Å². The zero-order chi connectivity index (χ0) is 14.5. The quantitative estimate of drug-likeness (QED) is 0.829. The van der Waals surface area contributed by atoms with Crippen molar-refractivity contribution in [2.45, 2.75) is 44.8 Å². The standard InChI is InChI=1S/C16H22BrNO2/c1-11(18)8-12-9-14(17)16(15(10-12)19-2)20-13-6-4-3-5-7-13/h4,6,9-11,13H,3,5,7-8,18H2,1-2H3. The molecule has 0 spiro atoms. The number of rotatable bonds is 5. The van der Waals surface area contributed by atoms with Gasteiger partial charge in [-0.3, -0.25) is 0 Å². The fraction of sp³-hybridized carbons (Fsp3) is 0.500. The monoisotopic (exact) mass is 339 g/mol. The van der Waals surface area contributed by atoms with Gasteiger partial charge in [0.05, 0.1) is 11.6 Å². The van der Waals surface area contributed by atoms with E-state index in [1.807, 2.05) is 13.0 Å². The number of methoxy groups -OCH3 is 1. The molecule has 2 unspecified atom stereocenters. The minimum absolute atomic E-state index is 0.125. The molecule has 0 radical (unpaired) electrons. The SMILES string of the molecule is COc1cc(CC(C)N)cc(Br)c1OC1C=CCCC1. The molecule has 0 saturated heterocycles. The van der Waals surface area contributed by atoms with Crippen LogP contribution in [-0.2, 0) is 6.42 Å². The van der Waals surface area contributed by atoms with E-state index < -0.39 is 0 Å². The van der Waals surface area contributed by atoms with Gasteiger partial charge < -0.3 is 15.2 Å². The van der Waals surface area contributed by atoms with E-state index in [2.05, 4.69) is 34.1 Å². The van der Waals surface area contributed by atoms with Crippen LogP contribution in [0, 0.1) is 0 Å². The Hall–Kier alpha value is -1.00. The van der Waals surface area contributed by atoms with Crippen LogP contribution in [0.1, 0.15) is 31.7 Å². The number of hydrogen-bond acceptors (Lipinski definition) is 3. The summed E-state index contributed by atoms with van der Waals surface area (Å²) >= 11 is 3.59. The summed E-state index contributed by atoms with van der Waals surface area (Å²) in [6, 6.07) is 4.20. The molecule has 2 N–H and O–H groups in total. The van der Waals surface area contributed by atoms with Crippen molar-refractivity contribution in [3.63, 3.8) is 0 Å². The van der Waals surface area contributed by atoms with Crippen molar-refractivity contribution in [2.75, 3.05) is 7.11 Å².